The first-order valence-corrected chi connectivity index (χ1v) is 5.51. The summed E-state index contributed by atoms with van der Waals surface area (Å²) < 4.78 is 0.674. The number of rotatable bonds is 2. The molecule has 0 saturated carbocycles. The van der Waals surface area contributed by atoms with E-state index in [1.807, 2.05) is 38.1 Å². The Balaban J connectivity index is 2.88. The summed E-state index contributed by atoms with van der Waals surface area (Å²) in [7, 11) is 0. The SMILES string of the molecule is CC(C)(C#N)Sc1ccccc1Br. The molecule has 13 heavy (non-hydrogen) atoms. The van der Waals surface area contributed by atoms with Crippen LogP contribution in [0.5, 0.6) is 0 Å². The van der Waals surface area contributed by atoms with E-state index in [1.165, 1.54) is 0 Å². The number of hydrogen-bond donors (Lipinski definition) is 0. The molecule has 0 aromatic heterocycles. The summed E-state index contributed by atoms with van der Waals surface area (Å²) >= 11 is 5.01. The lowest BCUT2D eigenvalue weighted by molar-refractivity contribution is 0.912. The van der Waals surface area contributed by atoms with Crippen LogP contribution >= 0.6 is 27.7 Å². The Morgan fingerprint density at radius 1 is 1.38 bits per heavy atom. The molecule has 68 valence electrons. The third kappa shape index (κ3) is 3.06. The maximum absolute atomic E-state index is 8.86. The molecule has 0 aliphatic heterocycles. The van der Waals surface area contributed by atoms with Crippen molar-refractivity contribution < 1.29 is 0 Å². The van der Waals surface area contributed by atoms with E-state index in [0.29, 0.717) is 0 Å². The zero-order valence-electron chi connectivity index (χ0n) is 7.54. The normalized spacial score (nSPS) is 10.9. The molecule has 0 spiro atoms. The van der Waals surface area contributed by atoms with Gasteiger partial charge in [0, 0.05) is 9.37 Å². The predicted molar refractivity (Wildman–Crippen MR) is 59.7 cm³/mol. The molecule has 0 amide bonds. The second-order valence-corrected chi connectivity index (χ2v) is 5.67. The monoisotopic (exact) mass is 255 g/mol. The molecule has 1 aromatic rings. The van der Waals surface area contributed by atoms with Gasteiger partial charge in [0.25, 0.3) is 0 Å². The summed E-state index contributed by atoms with van der Waals surface area (Å²) in [5, 5.41) is 8.86. The van der Waals surface area contributed by atoms with E-state index in [0.717, 1.165) is 9.37 Å². The minimum atomic E-state index is -0.371. The summed E-state index contributed by atoms with van der Waals surface area (Å²) in [5.74, 6) is 0. The highest BCUT2D eigenvalue weighted by Crippen LogP contribution is 2.36. The van der Waals surface area contributed by atoms with Gasteiger partial charge in [-0.25, -0.2) is 0 Å². The molecule has 3 heteroatoms. The number of hydrogen-bond acceptors (Lipinski definition) is 2. The molecule has 0 atom stereocenters. The molecular formula is C10H10BrNS. The molecule has 0 saturated heterocycles. The fourth-order valence-corrected chi connectivity index (χ4v) is 2.26. The lowest BCUT2D eigenvalue weighted by Crippen LogP contribution is -2.09. The second-order valence-electron chi connectivity index (χ2n) is 3.15. The Morgan fingerprint density at radius 2 is 2.00 bits per heavy atom. The van der Waals surface area contributed by atoms with Gasteiger partial charge < -0.3 is 0 Å². The molecule has 0 fully saturated rings. The molecule has 0 aliphatic carbocycles. The molecule has 0 heterocycles. The fraction of sp³-hybridized carbons (Fsp3) is 0.300. The maximum atomic E-state index is 8.86. The van der Waals surface area contributed by atoms with Crippen LogP contribution in [-0.4, -0.2) is 4.75 Å². The van der Waals surface area contributed by atoms with Gasteiger partial charge in [-0.3, -0.25) is 0 Å². The van der Waals surface area contributed by atoms with Crippen LogP contribution in [0, 0.1) is 11.3 Å². The minimum absolute atomic E-state index is 0.371. The van der Waals surface area contributed by atoms with Gasteiger partial charge in [-0.15, -0.1) is 11.8 Å². The standard InChI is InChI=1S/C10H10BrNS/c1-10(2,7-12)13-9-6-4-3-5-8(9)11/h3-6H,1-2H3. The van der Waals surface area contributed by atoms with Gasteiger partial charge in [0.1, 0.15) is 4.75 Å². The van der Waals surface area contributed by atoms with Crippen LogP contribution in [0.1, 0.15) is 13.8 Å². The predicted octanol–water partition coefficient (Wildman–Crippen LogP) is 3.84. The number of halogens is 1. The topological polar surface area (TPSA) is 23.8 Å². The van der Waals surface area contributed by atoms with Gasteiger partial charge in [-0.05, 0) is 41.9 Å². The molecule has 1 rings (SSSR count). The van der Waals surface area contributed by atoms with Crippen LogP contribution < -0.4 is 0 Å². The van der Waals surface area contributed by atoms with Crippen molar-refractivity contribution in [3.8, 4) is 6.07 Å². The van der Waals surface area contributed by atoms with E-state index in [4.69, 9.17) is 5.26 Å². The van der Waals surface area contributed by atoms with Gasteiger partial charge in [-0.1, -0.05) is 12.1 Å². The smallest absolute Gasteiger partial charge is 0.101 e. The first-order valence-electron chi connectivity index (χ1n) is 3.90. The van der Waals surface area contributed by atoms with E-state index in [9.17, 15) is 0 Å². The van der Waals surface area contributed by atoms with E-state index < -0.39 is 0 Å². The second kappa shape index (κ2) is 4.17. The number of nitriles is 1. The third-order valence-corrected chi connectivity index (χ3v) is 3.60. The lowest BCUT2D eigenvalue weighted by atomic mass is 10.2. The number of nitrogens with zero attached hydrogens (tertiary/aromatic N) is 1. The quantitative estimate of drug-likeness (QED) is 0.750. The number of thioether (sulfide) groups is 1. The highest BCUT2D eigenvalue weighted by molar-refractivity contribution is 9.10. The Bertz CT molecular complexity index is 341. The lowest BCUT2D eigenvalue weighted by Gasteiger charge is -2.15. The van der Waals surface area contributed by atoms with Crippen LogP contribution in [0.15, 0.2) is 33.6 Å². The Hall–Kier alpha value is -0.460. The average molecular weight is 256 g/mol. The fourth-order valence-electron chi connectivity index (χ4n) is 0.825. The third-order valence-electron chi connectivity index (χ3n) is 1.47. The van der Waals surface area contributed by atoms with Gasteiger partial charge in [0.15, 0.2) is 0 Å². The van der Waals surface area contributed by atoms with Crippen LogP contribution in [0.2, 0.25) is 0 Å². The molecule has 0 bridgehead atoms. The zero-order chi connectivity index (χ0) is 9.90. The summed E-state index contributed by atoms with van der Waals surface area (Å²) in [6, 6.07) is 10.2. The van der Waals surface area contributed by atoms with Crippen LogP contribution in [-0.2, 0) is 0 Å². The summed E-state index contributed by atoms with van der Waals surface area (Å²) in [5.41, 5.74) is 0. The van der Waals surface area contributed by atoms with Crippen molar-refractivity contribution in [1.29, 1.82) is 5.26 Å². The maximum Gasteiger partial charge on any atom is 0.101 e. The first kappa shape index (κ1) is 10.6. The van der Waals surface area contributed by atoms with E-state index in [1.54, 1.807) is 11.8 Å². The van der Waals surface area contributed by atoms with Gasteiger partial charge in [0.2, 0.25) is 0 Å². The van der Waals surface area contributed by atoms with Crippen molar-refractivity contribution in [2.45, 2.75) is 23.5 Å². The summed E-state index contributed by atoms with van der Waals surface area (Å²) in [6.45, 7) is 3.83. The molecular weight excluding hydrogens is 246 g/mol. The Labute approximate surface area is 91.3 Å². The molecule has 1 nitrogen and oxygen atoms in total. The first-order chi connectivity index (χ1) is 6.05. The van der Waals surface area contributed by atoms with Crippen molar-refractivity contribution in [3.05, 3.63) is 28.7 Å². The van der Waals surface area contributed by atoms with E-state index >= 15 is 0 Å². The Kier molecular flexibility index (Phi) is 3.40. The molecule has 0 aliphatic rings. The largest absolute Gasteiger partial charge is 0.197 e. The van der Waals surface area contributed by atoms with Crippen molar-refractivity contribution in [1.82, 2.24) is 0 Å². The molecule has 1 aromatic carbocycles. The Morgan fingerprint density at radius 3 is 2.54 bits per heavy atom. The summed E-state index contributed by atoms with van der Waals surface area (Å²) in [6.07, 6.45) is 0. The van der Waals surface area contributed by atoms with Crippen molar-refractivity contribution in [2.75, 3.05) is 0 Å². The molecule has 0 unspecified atom stereocenters. The van der Waals surface area contributed by atoms with E-state index in [-0.39, 0.29) is 4.75 Å². The minimum Gasteiger partial charge on any atom is -0.197 e. The van der Waals surface area contributed by atoms with Crippen molar-refractivity contribution in [2.24, 2.45) is 0 Å². The number of benzene rings is 1. The van der Waals surface area contributed by atoms with Gasteiger partial charge in [-0.2, -0.15) is 5.26 Å². The zero-order valence-corrected chi connectivity index (χ0v) is 9.95. The highest BCUT2D eigenvalue weighted by atomic mass is 79.9. The van der Waals surface area contributed by atoms with Crippen molar-refractivity contribution >= 4 is 27.7 Å². The van der Waals surface area contributed by atoms with E-state index in [2.05, 4.69) is 22.0 Å². The average Bonchev–Trinajstić information content (AvgIpc) is 2.09. The van der Waals surface area contributed by atoms with Crippen LogP contribution in [0.25, 0.3) is 0 Å². The molecule has 0 radical (unpaired) electrons. The van der Waals surface area contributed by atoms with Crippen molar-refractivity contribution in [3.63, 3.8) is 0 Å². The highest BCUT2D eigenvalue weighted by Gasteiger charge is 2.19. The van der Waals surface area contributed by atoms with Crippen LogP contribution in [0.4, 0.5) is 0 Å². The van der Waals surface area contributed by atoms with Crippen LogP contribution in [0.3, 0.4) is 0 Å². The molecule has 0 N–H and O–H groups in total. The van der Waals surface area contributed by atoms with Gasteiger partial charge in [0.05, 0.1) is 6.07 Å². The van der Waals surface area contributed by atoms with Gasteiger partial charge >= 0.3 is 0 Å². The summed E-state index contributed by atoms with van der Waals surface area (Å²) in [4.78, 5) is 1.11.